The summed E-state index contributed by atoms with van der Waals surface area (Å²) in [7, 11) is 5.69. The number of anilines is 1. The summed E-state index contributed by atoms with van der Waals surface area (Å²) in [5, 5.41) is 10.4. The molecule has 0 aliphatic rings. The van der Waals surface area contributed by atoms with Crippen molar-refractivity contribution in [1.29, 1.82) is 0 Å². The minimum atomic E-state index is -0.273. The molecule has 22 heavy (non-hydrogen) atoms. The van der Waals surface area contributed by atoms with Gasteiger partial charge in [-0.3, -0.25) is 10.00 Å². The molecule has 0 saturated heterocycles. The number of benzene rings is 1. The van der Waals surface area contributed by atoms with Crippen molar-refractivity contribution in [3.05, 3.63) is 47.1 Å². The van der Waals surface area contributed by atoms with Crippen molar-refractivity contribution in [2.45, 2.75) is 6.04 Å². The highest BCUT2D eigenvalue weighted by atomic mass is 35.5. The number of urea groups is 1. The predicted octanol–water partition coefficient (Wildman–Crippen LogP) is 2.50. The minimum absolute atomic E-state index is 0.138. The third kappa shape index (κ3) is 4.47. The van der Waals surface area contributed by atoms with Gasteiger partial charge in [0.25, 0.3) is 0 Å². The third-order valence-electron chi connectivity index (χ3n) is 3.19. The molecule has 0 fully saturated rings. The van der Waals surface area contributed by atoms with Gasteiger partial charge < -0.3 is 10.2 Å². The first-order valence-corrected chi connectivity index (χ1v) is 7.29. The fourth-order valence-electron chi connectivity index (χ4n) is 2.10. The second-order valence-electron chi connectivity index (χ2n) is 5.30. The van der Waals surface area contributed by atoms with Crippen LogP contribution in [0.2, 0.25) is 5.02 Å². The average Bonchev–Trinajstić information content (AvgIpc) is 2.84. The zero-order chi connectivity index (χ0) is 16.1. The molecule has 118 valence electrons. The van der Waals surface area contributed by atoms with Crippen LogP contribution in [0.15, 0.2) is 36.5 Å². The number of nitrogens with one attached hydrogen (secondary N) is 2. The van der Waals surface area contributed by atoms with Crippen molar-refractivity contribution < 1.29 is 4.79 Å². The lowest BCUT2D eigenvalue weighted by Crippen LogP contribution is -2.38. The molecule has 0 bridgehead atoms. The molecule has 2 amide bonds. The number of hydrogen-bond donors (Lipinski definition) is 2. The summed E-state index contributed by atoms with van der Waals surface area (Å²) in [5.74, 6) is 0.636. The van der Waals surface area contributed by atoms with Crippen LogP contribution in [-0.4, -0.2) is 41.4 Å². The summed E-state index contributed by atoms with van der Waals surface area (Å²) in [4.78, 5) is 14.2. The van der Waals surface area contributed by atoms with E-state index in [1.54, 1.807) is 24.0 Å². The SMILES string of the molecule is CN(C)C[C@@H](NC(=O)Nc1ccnn1C)c1ccc(Cl)cc1. The highest BCUT2D eigenvalue weighted by Gasteiger charge is 2.16. The van der Waals surface area contributed by atoms with Gasteiger partial charge in [0.15, 0.2) is 0 Å². The van der Waals surface area contributed by atoms with Gasteiger partial charge in [0.2, 0.25) is 0 Å². The minimum Gasteiger partial charge on any atom is -0.330 e. The number of halogens is 1. The van der Waals surface area contributed by atoms with Crippen LogP contribution in [0.4, 0.5) is 10.6 Å². The molecule has 6 nitrogen and oxygen atoms in total. The van der Waals surface area contributed by atoms with E-state index < -0.39 is 0 Å². The number of likely N-dealkylation sites (N-methyl/N-ethyl adjacent to an activating group) is 1. The molecule has 1 atom stereocenters. The number of hydrogen-bond acceptors (Lipinski definition) is 3. The van der Waals surface area contributed by atoms with E-state index in [1.165, 1.54) is 0 Å². The van der Waals surface area contributed by atoms with E-state index in [9.17, 15) is 4.79 Å². The standard InChI is InChI=1S/C15H20ClN5O/c1-20(2)10-13(11-4-6-12(16)7-5-11)18-15(22)19-14-8-9-17-21(14)3/h4-9,13H,10H2,1-3H3,(H2,18,19,22)/t13-/m1/s1. The number of amides is 2. The maximum Gasteiger partial charge on any atom is 0.320 e. The van der Waals surface area contributed by atoms with E-state index in [0.29, 0.717) is 17.4 Å². The van der Waals surface area contributed by atoms with Gasteiger partial charge in [-0.1, -0.05) is 23.7 Å². The molecular weight excluding hydrogens is 302 g/mol. The smallest absolute Gasteiger partial charge is 0.320 e. The predicted molar refractivity (Wildman–Crippen MR) is 88.1 cm³/mol. The van der Waals surface area contributed by atoms with Crippen molar-refractivity contribution in [2.75, 3.05) is 26.0 Å². The molecule has 0 radical (unpaired) electrons. The number of aryl methyl sites for hydroxylation is 1. The Kier molecular flexibility index (Phi) is 5.41. The average molecular weight is 322 g/mol. The highest BCUT2D eigenvalue weighted by Crippen LogP contribution is 2.17. The molecular formula is C15H20ClN5O. The Balaban J connectivity index is 2.07. The van der Waals surface area contributed by atoms with Crippen molar-refractivity contribution in [3.8, 4) is 0 Å². The largest absolute Gasteiger partial charge is 0.330 e. The lowest BCUT2D eigenvalue weighted by molar-refractivity contribution is 0.244. The van der Waals surface area contributed by atoms with E-state index in [1.807, 2.05) is 43.3 Å². The molecule has 0 saturated carbocycles. The maximum absolute atomic E-state index is 12.2. The summed E-state index contributed by atoms with van der Waals surface area (Å²) in [6.45, 7) is 0.681. The fourth-order valence-corrected chi connectivity index (χ4v) is 2.23. The van der Waals surface area contributed by atoms with E-state index in [-0.39, 0.29) is 12.1 Å². The van der Waals surface area contributed by atoms with Crippen molar-refractivity contribution >= 4 is 23.4 Å². The van der Waals surface area contributed by atoms with E-state index >= 15 is 0 Å². The fraction of sp³-hybridized carbons (Fsp3) is 0.333. The Labute approximate surface area is 135 Å². The van der Waals surface area contributed by atoms with Gasteiger partial charge in [0, 0.05) is 24.7 Å². The number of carbonyl (C=O) groups is 1. The molecule has 1 aromatic carbocycles. The van der Waals surface area contributed by atoms with Crippen LogP contribution < -0.4 is 10.6 Å². The summed E-state index contributed by atoms with van der Waals surface area (Å²) >= 11 is 5.92. The molecule has 1 heterocycles. The first-order valence-electron chi connectivity index (χ1n) is 6.91. The number of nitrogens with zero attached hydrogens (tertiary/aromatic N) is 3. The Morgan fingerprint density at radius 2 is 2.00 bits per heavy atom. The van der Waals surface area contributed by atoms with Gasteiger partial charge in [-0.2, -0.15) is 5.10 Å². The molecule has 1 aromatic heterocycles. The molecule has 0 aliphatic carbocycles. The molecule has 2 aromatic rings. The number of aromatic nitrogens is 2. The molecule has 7 heteroatoms. The first-order chi connectivity index (χ1) is 10.5. The van der Waals surface area contributed by atoms with Crippen LogP contribution in [0.5, 0.6) is 0 Å². The lowest BCUT2D eigenvalue weighted by atomic mass is 10.1. The Bertz CT molecular complexity index is 623. The molecule has 0 aliphatic heterocycles. The van der Waals surface area contributed by atoms with Crippen LogP contribution in [0.25, 0.3) is 0 Å². The van der Waals surface area contributed by atoms with Gasteiger partial charge in [-0.05, 0) is 31.8 Å². The van der Waals surface area contributed by atoms with Crippen molar-refractivity contribution in [3.63, 3.8) is 0 Å². The van der Waals surface area contributed by atoms with E-state index in [4.69, 9.17) is 11.6 Å². The van der Waals surface area contributed by atoms with Crippen molar-refractivity contribution in [2.24, 2.45) is 7.05 Å². The Morgan fingerprint density at radius 3 is 2.55 bits per heavy atom. The summed E-state index contributed by atoms with van der Waals surface area (Å²) in [6, 6.07) is 8.80. The molecule has 0 spiro atoms. The summed E-state index contributed by atoms with van der Waals surface area (Å²) in [6.07, 6.45) is 1.63. The summed E-state index contributed by atoms with van der Waals surface area (Å²) < 4.78 is 1.60. The Morgan fingerprint density at radius 1 is 1.32 bits per heavy atom. The van der Waals surface area contributed by atoms with Crippen LogP contribution in [0.3, 0.4) is 0 Å². The Hall–Kier alpha value is -2.05. The zero-order valence-corrected chi connectivity index (χ0v) is 13.6. The quantitative estimate of drug-likeness (QED) is 0.889. The van der Waals surface area contributed by atoms with Gasteiger partial charge >= 0.3 is 6.03 Å². The van der Waals surface area contributed by atoms with Gasteiger partial charge in [0.05, 0.1) is 12.2 Å². The second-order valence-corrected chi connectivity index (χ2v) is 5.74. The third-order valence-corrected chi connectivity index (χ3v) is 3.44. The van der Waals surface area contributed by atoms with Gasteiger partial charge in [-0.25, -0.2) is 4.79 Å². The van der Waals surface area contributed by atoms with Crippen LogP contribution >= 0.6 is 11.6 Å². The lowest BCUT2D eigenvalue weighted by Gasteiger charge is -2.23. The highest BCUT2D eigenvalue weighted by molar-refractivity contribution is 6.30. The van der Waals surface area contributed by atoms with Crippen LogP contribution in [0, 0.1) is 0 Å². The molecule has 0 unspecified atom stereocenters. The summed E-state index contributed by atoms with van der Waals surface area (Å²) in [5.41, 5.74) is 0.998. The van der Waals surface area contributed by atoms with Gasteiger partial charge in [0.1, 0.15) is 5.82 Å². The topological polar surface area (TPSA) is 62.2 Å². The van der Waals surface area contributed by atoms with Gasteiger partial charge in [-0.15, -0.1) is 0 Å². The first kappa shape index (κ1) is 16.3. The molecule has 2 rings (SSSR count). The van der Waals surface area contributed by atoms with Crippen LogP contribution in [-0.2, 0) is 7.05 Å². The second kappa shape index (κ2) is 7.29. The van der Waals surface area contributed by atoms with E-state index in [2.05, 4.69) is 15.7 Å². The van der Waals surface area contributed by atoms with E-state index in [0.717, 1.165) is 5.56 Å². The maximum atomic E-state index is 12.2. The number of carbonyl (C=O) groups excluding carboxylic acids is 1. The van der Waals surface area contributed by atoms with Crippen molar-refractivity contribution in [1.82, 2.24) is 20.0 Å². The number of rotatable bonds is 5. The normalized spacial score (nSPS) is 12.2. The molecule has 2 N–H and O–H groups in total. The zero-order valence-electron chi connectivity index (χ0n) is 12.9. The monoisotopic (exact) mass is 321 g/mol. The van der Waals surface area contributed by atoms with Crippen LogP contribution in [0.1, 0.15) is 11.6 Å².